The van der Waals surface area contributed by atoms with Crippen molar-refractivity contribution in [2.24, 2.45) is 0 Å². The largest absolute Gasteiger partial charge is 0.452 e. The summed E-state index contributed by atoms with van der Waals surface area (Å²) in [5, 5.41) is 0. The summed E-state index contributed by atoms with van der Waals surface area (Å²) in [6.45, 7) is 1.79. The first kappa shape index (κ1) is 19.4. The van der Waals surface area contributed by atoms with Crippen molar-refractivity contribution in [1.29, 1.82) is 0 Å². The van der Waals surface area contributed by atoms with E-state index in [1.807, 2.05) is 43.3 Å². The Bertz CT molecular complexity index is 1150. The first-order chi connectivity index (χ1) is 14.4. The maximum absolute atomic E-state index is 12.8. The lowest BCUT2D eigenvalue weighted by molar-refractivity contribution is 0.0734. The molecule has 0 N–H and O–H groups in total. The number of rotatable bonds is 4. The molecule has 6 nitrogen and oxygen atoms in total. The maximum atomic E-state index is 12.8. The molecule has 6 heteroatoms. The molecule has 0 amide bonds. The molecule has 0 unspecified atom stereocenters. The maximum Gasteiger partial charge on any atom is 0.343 e. The molecule has 0 bridgehead atoms. The van der Waals surface area contributed by atoms with Gasteiger partial charge in [0.25, 0.3) is 0 Å². The molecule has 0 saturated carbocycles. The fourth-order valence-corrected chi connectivity index (χ4v) is 3.21. The fraction of sp³-hybridized carbons (Fsp3) is 0.125. The lowest BCUT2D eigenvalue weighted by Gasteiger charge is -2.11. The van der Waals surface area contributed by atoms with Crippen molar-refractivity contribution in [3.8, 4) is 11.5 Å². The lowest BCUT2D eigenvalue weighted by Crippen LogP contribution is -2.08. The van der Waals surface area contributed by atoms with E-state index >= 15 is 0 Å². The van der Waals surface area contributed by atoms with Crippen LogP contribution in [0.3, 0.4) is 0 Å². The minimum Gasteiger partial charge on any atom is -0.452 e. The molecule has 1 aromatic heterocycles. The van der Waals surface area contributed by atoms with Gasteiger partial charge in [-0.3, -0.25) is 9.78 Å². The molecule has 3 aromatic rings. The monoisotopic (exact) mass is 400 g/mol. The third kappa shape index (κ3) is 3.80. The number of fused-ring (bicyclic) bond motifs is 1. The molecule has 0 aliphatic carbocycles. The van der Waals surface area contributed by atoms with Crippen molar-refractivity contribution in [1.82, 2.24) is 4.98 Å². The number of allylic oxidation sites excluding steroid dienone is 1. The minimum absolute atomic E-state index is 0.189. The summed E-state index contributed by atoms with van der Waals surface area (Å²) in [7, 11) is 3.94. The summed E-state index contributed by atoms with van der Waals surface area (Å²) in [4.78, 5) is 31.0. The average Bonchev–Trinajstić information content (AvgIpc) is 3.04. The third-order valence-corrected chi connectivity index (χ3v) is 4.78. The van der Waals surface area contributed by atoms with Crippen LogP contribution in [0.5, 0.6) is 11.5 Å². The van der Waals surface area contributed by atoms with Crippen LogP contribution in [0.15, 0.2) is 66.7 Å². The van der Waals surface area contributed by atoms with Gasteiger partial charge in [0.2, 0.25) is 5.78 Å². The lowest BCUT2D eigenvalue weighted by atomic mass is 10.0. The Morgan fingerprint density at radius 3 is 2.43 bits per heavy atom. The van der Waals surface area contributed by atoms with Gasteiger partial charge in [-0.1, -0.05) is 12.1 Å². The summed E-state index contributed by atoms with van der Waals surface area (Å²) in [5.74, 6) is 0.249. The van der Waals surface area contributed by atoms with Crippen LogP contribution >= 0.6 is 0 Å². The molecular weight excluding hydrogens is 380 g/mol. The number of Topliss-reactive ketones (excluding diaryl/α,β-unsaturated/α-hetero) is 1. The highest BCUT2D eigenvalue weighted by Gasteiger charge is 2.30. The molecule has 1 aliphatic heterocycles. The molecule has 150 valence electrons. The highest BCUT2D eigenvalue weighted by Crippen LogP contribution is 2.37. The van der Waals surface area contributed by atoms with Crippen LogP contribution in [0, 0.1) is 6.92 Å². The van der Waals surface area contributed by atoms with Gasteiger partial charge in [0, 0.05) is 38.2 Å². The van der Waals surface area contributed by atoms with E-state index in [4.69, 9.17) is 9.47 Å². The summed E-state index contributed by atoms with van der Waals surface area (Å²) in [5.41, 5.74) is 3.48. The van der Waals surface area contributed by atoms with Gasteiger partial charge in [0.05, 0.1) is 11.1 Å². The molecule has 1 aliphatic rings. The Balaban J connectivity index is 1.58. The van der Waals surface area contributed by atoms with E-state index < -0.39 is 5.97 Å². The van der Waals surface area contributed by atoms with Crippen molar-refractivity contribution in [3.63, 3.8) is 0 Å². The van der Waals surface area contributed by atoms with Crippen molar-refractivity contribution < 1.29 is 19.1 Å². The Morgan fingerprint density at radius 1 is 1.07 bits per heavy atom. The van der Waals surface area contributed by atoms with Crippen molar-refractivity contribution >= 4 is 23.5 Å². The number of nitrogens with zero attached hydrogens (tertiary/aromatic N) is 2. The number of esters is 1. The number of carbonyl (C=O) groups excluding carboxylic acids is 2. The SMILES string of the molecule is Cc1cc(OC(=O)c2ccncc2)cc2c1C(=O)/C(=C/c1ccc(N(C)C)cc1)O2. The predicted molar refractivity (Wildman–Crippen MR) is 114 cm³/mol. The van der Waals surface area contributed by atoms with E-state index in [0.29, 0.717) is 28.2 Å². The van der Waals surface area contributed by atoms with Crippen LogP contribution in [0.4, 0.5) is 5.69 Å². The smallest absolute Gasteiger partial charge is 0.343 e. The van der Waals surface area contributed by atoms with E-state index in [-0.39, 0.29) is 11.5 Å². The van der Waals surface area contributed by atoms with Gasteiger partial charge >= 0.3 is 5.97 Å². The number of aromatic nitrogens is 1. The molecule has 0 spiro atoms. The molecule has 4 rings (SSSR count). The van der Waals surface area contributed by atoms with Gasteiger partial charge in [-0.15, -0.1) is 0 Å². The van der Waals surface area contributed by atoms with Crippen LogP contribution in [0.25, 0.3) is 6.08 Å². The number of hydrogen-bond acceptors (Lipinski definition) is 6. The van der Waals surface area contributed by atoms with E-state index in [9.17, 15) is 9.59 Å². The minimum atomic E-state index is -0.502. The van der Waals surface area contributed by atoms with Crippen molar-refractivity contribution in [2.75, 3.05) is 19.0 Å². The Morgan fingerprint density at radius 2 is 1.77 bits per heavy atom. The summed E-state index contributed by atoms with van der Waals surface area (Å²) < 4.78 is 11.3. The number of ketones is 1. The van der Waals surface area contributed by atoms with E-state index in [0.717, 1.165) is 11.3 Å². The predicted octanol–water partition coefficient (Wildman–Crippen LogP) is 4.29. The number of pyridine rings is 1. The molecule has 2 heterocycles. The fourth-order valence-electron chi connectivity index (χ4n) is 3.21. The molecular formula is C24H20N2O4. The number of anilines is 1. The summed E-state index contributed by atoms with van der Waals surface area (Å²) in [6, 6.07) is 14.2. The van der Waals surface area contributed by atoms with Gasteiger partial charge in [-0.05, 0) is 54.5 Å². The quantitative estimate of drug-likeness (QED) is 0.370. The van der Waals surface area contributed by atoms with Crippen LogP contribution in [0.1, 0.15) is 31.8 Å². The summed E-state index contributed by atoms with van der Waals surface area (Å²) >= 11 is 0. The van der Waals surface area contributed by atoms with Crippen LogP contribution in [-0.2, 0) is 0 Å². The van der Waals surface area contributed by atoms with Crippen LogP contribution in [0.2, 0.25) is 0 Å². The topological polar surface area (TPSA) is 68.7 Å². The molecule has 2 aromatic carbocycles. The number of ether oxygens (including phenoxy) is 2. The van der Waals surface area contributed by atoms with E-state index in [1.165, 1.54) is 12.4 Å². The molecule has 30 heavy (non-hydrogen) atoms. The number of hydrogen-bond donors (Lipinski definition) is 0. The Labute approximate surface area is 174 Å². The first-order valence-electron chi connectivity index (χ1n) is 9.41. The van der Waals surface area contributed by atoms with Gasteiger partial charge < -0.3 is 14.4 Å². The number of aryl methyl sites for hydroxylation is 1. The average molecular weight is 400 g/mol. The standard InChI is InChI=1S/C24H20N2O4/c1-15-12-19(29-24(28)17-8-10-25-11-9-17)14-20-22(15)23(27)21(30-20)13-16-4-6-18(7-5-16)26(2)3/h4-14H,1-3H3/b21-13-. The van der Waals surface area contributed by atoms with Crippen LogP contribution in [-0.4, -0.2) is 30.8 Å². The van der Waals surface area contributed by atoms with Crippen molar-refractivity contribution in [2.45, 2.75) is 6.92 Å². The normalized spacial score (nSPS) is 13.7. The number of benzene rings is 2. The Kier molecular flexibility index (Phi) is 5.06. The summed E-state index contributed by atoms with van der Waals surface area (Å²) in [6.07, 6.45) is 4.76. The third-order valence-electron chi connectivity index (χ3n) is 4.78. The number of carbonyl (C=O) groups is 2. The zero-order valence-electron chi connectivity index (χ0n) is 16.9. The van der Waals surface area contributed by atoms with Gasteiger partial charge in [-0.25, -0.2) is 4.79 Å². The van der Waals surface area contributed by atoms with E-state index in [1.54, 1.807) is 37.3 Å². The molecule has 0 fully saturated rings. The zero-order valence-corrected chi connectivity index (χ0v) is 16.9. The molecule has 0 radical (unpaired) electrons. The zero-order chi connectivity index (χ0) is 21.3. The highest BCUT2D eigenvalue weighted by molar-refractivity contribution is 6.15. The molecule has 0 saturated heterocycles. The second kappa shape index (κ2) is 7.83. The van der Waals surface area contributed by atoms with Gasteiger partial charge in [0.15, 0.2) is 5.76 Å². The second-order valence-electron chi connectivity index (χ2n) is 7.16. The highest BCUT2D eigenvalue weighted by atomic mass is 16.5. The molecule has 0 atom stereocenters. The van der Waals surface area contributed by atoms with Gasteiger partial charge in [0.1, 0.15) is 11.5 Å². The van der Waals surface area contributed by atoms with E-state index in [2.05, 4.69) is 4.98 Å². The second-order valence-corrected chi connectivity index (χ2v) is 7.16. The first-order valence-corrected chi connectivity index (χ1v) is 9.41. The van der Waals surface area contributed by atoms with Crippen molar-refractivity contribution in [3.05, 3.63) is 88.9 Å². The van der Waals surface area contributed by atoms with Crippen LogP contribution < -0.4 is 14.4 Å². The Hall–Kier alpha value is -3.93. The van der Waals surface area contributed by atoms with Gasteiger partial charge in [-0.2, -0.15) is 0 Å².